The summed E-state index contributed by atoms with van der Waals surface area (Å²) in [5.41, 5.74) is 0.936. The van der Waals surface area contributed by atoms with Gasteiger partial charge < -0.3 is 9.47 Å². The van der Waals surface area contributed by atoms with Crippen molar-refractivity contribution in [3.05, 3.63) is 35.9 Å². The van der Waals surface area contributed by atoms with Gasteiger partial charge in [-0.3, -0.25) is 0 Å². The number of epoxide rings is 1. The van der Waals surface area contributed by atoms with Crippen LogP contribution < -0.4 is 0 Å². The van der Waals surface area contributed by atoms with Gasteiger partial charge in [0.1, 0.15) is 5.60 Å². The molecule has 0 aliphatic carbocycles. The van der Waals surface area contributed by atoms with E-state index in [2.05, 4.69) is 16.9 Å². The molecule has 0 saturated carbocycles. The van der Waals surface area contributed by atoms with Gasteiger partial charge in [0.2, 0.25) is 0 Å². The lowest BCUT2D eigenvalue weighted by atomic mass is 9.98. The standard InChI is InChI=1S/C13H16O3/c1-13(11(16-13)12(14)15-2)9-8-10-6-4-3-5-7-10/h3-7,11H,8-9H2,1-2H3. The second-order valence-corrected chi connectivity index (χ2v) is 4.32. The number of carbonyl (C=O) groups is 1. The summed E-state index contributed by atoms with van der Waals surface area (Å²) in [6, 6.07) is 10.2. The van der Waals surface area contributed by atoms with E-state index in [1.54, 1.807) is 0 Å². The summed E-state index contributed by atoms with van der Waals surface area (Å²) < 4.78 is 10.1. The van der Waals surface area contributed by atoms with Gasteiger partial charge in [-0.05, 0) is 25.3 Å². The van der Waals surface area contributed by atoms with Gasteiger partial charge in [0.05, 0.1) is 7.11 Å². The molecule has 3 nitrogen and oxygen atoms in total. The molecule has 1 saturated heterocycles. The van der Waals surface area contributed by atoms with Crippen LogP contribution in [0.15, 0.2) is 30.3 Å². The lowest BCUT2D eigenvalue weighted by molar-refractivity contribution is -0.142. The van der Waals surface area contributed by atoms with Crippen molar-refractivity contribution in [2.75, 3.05) is 7.11 Å². The van der Waals surface area contributed by atoms with Crippen molar-refractivity contribution < 1.29 is 14.3 Å². The highest BCUT2D eigenvalue weighted by molar-refractivity contribution is 5.79. The first kappa shape index (κ1) is 11.1. The Morgan fingerprint density at radius 2 is 2.12 bits per heavy atom. The number of hydrogen-bond acceptors (Lipinski definition) is 3. The summed E-state index contributed by atoms with van der Waals surface area (Å²) in [7, 11) is 1.39. The minimum atomic E-state index is -0.374. The Morgan fingerprint density at radius 1 is 1.44 bits per heavy atom. The predicted octanol–water partition coefficient (Wildman–Crippen LogP) is 1.95. The fourth-order valence-electron chi connectivity index (χ4n) is 1.87. The van der Waals surface area contributed by atoms with Gasteiger partial charge in [0.25, 0.3) is 0 Å². The largest absolute Gasteiger partial charge is 0.467 e. The first-order valence-corrected chi connectivity index (χ1v) is 5.45. The average Bonchev–Trinajstić information content (AvgIpc) is 3.00. The molecular formula is C13H16O3. The van der Waals surface area contributed by atoms with Crippen LogP contribution >= 0.6 is 0 Å². The molecule has 0 radical (unpaired) electrons. The predicted molar refractivity (Wildman–Crippen MR) is 60.1 cm³/mol. The van der Waals surface area contributed by atoms with E-state index in [0.29, 0.717) is 0 Å². The van der Waals surface area contributed by atoms with Gasteiger partial charge in [-0.1, -0.05) is 30.3 Å². The molecule has 1 heterocycles. The van der Waals surface area contributed by atoms with Crippen molar-refractivity contribution in [2.45, 2.75) is 31.5 Å². The minimum absolute atomic E-state index is 0.268. The molecule has 2 atom stereocenters. The maximum Gasteiger partial charge on any atom is 0.338 e. The van der Waals surface area contributed by atoms with E-state index in [4.69, 9.17) is 4.74 Å². The molecule has 0 aromatic heterocycles. The quantitative estimate of drug-likeness (QED) is 0.575. The van der Waals surface area contributed by atoms with Crippen LogP contribution in [0, 0.1) is 0 Å². The Balaban J connectivity index is 1.86. The Hall–Kier alpha value is -1.35. The highest BCUT2D eigenvalue weighted by atomic mass is 16.6. The lowest BCUT2D eigenvalue weighted by Gasteiger charge is -2.05. The molecule has 16 heavy (non-hydrogen) atoms. The topological polar surface area (TPSA) is 38.8 Å². The normalized spacial score (nSPS) is 27.5. The second-order valence-electron chi connectivity index (χ2n) is 4.32. The maximum absolute atomic E-state index is 11.3. The molecule has 1 fully saturated rings. The Bertz CT molecular complexity index is 374. The van der Waals surface area contributed by atoms with E-state index in [1.165, 1.54) is 12.7 Å². The summed E-state index contributed by atoms with van der Waals surface area (Å²) in [6.07, 6.45) is 1.39. The van der Waals surface area contributed by atoms with Gasteiger partial charge in [-0.15, -0.1) is 0 Å². The van der Waals surface area contributed by atoms with Gasteiger partial charge in [-0.25, -0.2) is 4.79 Å². The number of benzene rings is 1. The van der Waals surface area contributed by atoms with Crippen LogP contribution in [0.5, 0.6) is 0 Å². The van der Waals surface area contributed by atoms with Crippen molar-refractivity contribution in [1.82, 2.24) is 0 Å². The summed E-state index contributed by atoms with van der Waals surface area (Å²) in [5, 5.41) is 0. The third kappa shape index (κ3) is 2.25. The fourth-order valence-corrected chi connectivity index (χ4v) is 1.87. The van der Waals surface area contributed by atoms with Gasteiger partial charge in [0.15, 0.2) is 6.10 Å². The molecule has 2 unspecified atom stereocenters. The molecule has 1 aromatic carbocycles. The van der Waals surface area contributed by atoms with Crippen molar-refractivity contribution in [3.63, 3.8) is 0 Å². The van der Waals surface area contributed by atoms with Crippen LogP contribution in [0.4, 0.5) is 0 Å². The molecule has 2 rings (SSSR count). The summed E-state index contributed by atoms with van der Waals surface area (Å²) >= 11 is 0. The summed E-state index contributed by atoms with van der Waals surface area (Å²) in [6.45, 7) is 1.96. The molecule has 86 valence electrons. The van der Waals surface area contributed by atoms with Gasteiger partial charge >= 0.3 is 5.97 Å². The molecule has 0 spiro atoms. The molecular weight excluding hydrogens is 204 g/mol. The minimum Gasteiger partial charge on any atom is -0.467 e. The number of ether oxygens (including phenoxy) is 2. The van der Waals surface area contributed by atoms with E-state index in [9.17, 15) is 4.79 Å². The molecule has 0 N–H and O–H groups in total. The zero-order valence-electron chi connectivity index (χ0n) is 9.60. The third-order valence-corrected chi connectivity index (χ3v) is 3.05. The smallest absolute Gasteiger partial charge is 0.338 e. The number of rotatable bonds is 4. The van der Waals surface area contributed by atoms with Crippen molar-refractivity contribution >= 4 is 5.97 Å². The Labute approximate surface area is 95.4 Å². The van der Waals surface area contributed by atoms with Crippen molar-refractivity contribution in [1.29, 1.82) is 0 Å². The summed E-state index contributed by atoms with van der Waals surface area (Å²) in [4.78, 5) is 11.3. The van der Waals surface area contributed by atoms with E-state index in [1.807, 2.05) is 25.1 Å². The van der Waals surface area contributed by atoms with Gasteiger partial charge in [0, 0.05) is 0 Å². The Kier molecular flexibility index (Phi) is 2.97. The molecule has 1 aliphatic heterocycles. The van der Waals surface area contributed by atoms with E-state index in [-0.39, 0.29) is 17.7 Å². The SMILES string of the molecule is COC(=O)C1OC1(C)CCc1ccccc1. The Morgan fingerprint density at radius 3 is 2.75 bits per heavy atom. The van der Waals surface area contributed by atoms with Crippen LogP contribution in [0.2, 0.25) is 0 Å². The van der Waals surface area contributed by atoms with E-state index >= 15 is 0 Å². The lowest BCUT2D eigenvalue weighted by Crippen LogP contribution is -2.19. The van der Waals surface area contributed by atoms with E-state index < -0.39 is 0 Å². The first-order chi connectivity index (χ1) is 7.65. The first-order valence-electron chi connectivity index (χ1n) is 5.45. The number of methoxy groups -OCH3 is 1. The van der Waals surface area contributed by atoms with Crippen LogP contribution in [0.25, 0.3) is 0 Å². The fraction of sp³-hybridized carbons (Fsp3) is 0.462. The number of hydrogen-bond donors (Lipinski definition) is 0. The van der Waals surface area contributed by atoms with E-state index in [0.717, 1.165) is 12.8 Å². The van der Waals surface area contributed by atoms with Crippen molar-refractivity contribution in [3.8, 4) is 0 Å². The molecule has 0 amide bonds. The van der Waals surface area contributed by atoms with Crippen LogP contribution in [0.3, 0.4) is 0 Å². The number of aryl methyl sites for hydroxylation is 1. The third-order valence-electron chi connectivity index (χ3n) is 3.05. The van der Waals surface area contributed by atoms with Gasteiger partial charge in [-0.2, -0.15) is 0 Å². The molecule has 3 heteroatoms. The monoisotopic (exact) mass is 220 g/mol. The van der Waals surface area contributed by atoms with Crippen LogP contribution in [-0.2, 0) is 20.7 Å². The highest BCUT2D eigenvalue weighted by Gasteiger charge is 2.57. The maximum atomic E-state index is 11.3. The molecule has 1 aromatic rings. The molecule has 1 aliphatic rings. The number of esters is 1. The van der Waals surface area contributed by atoms with Crippen LogP contribution in [0.1, 0.15) is 18.9 Å². The number of carbonyl (C=O) groups excluding carboxylic acids is 1. The summed E-state index contributed by atoms with van der Waals surface area (Å²) in [5.74, 6) is -0.268. The highest BCUT2D eigenvalue weighted by Crippen LogP contribution is 2.40. The van der Waals surface area contributed by atoms with Crippen molar-refractivity contribution in [2.24, 2.45) is 0 Å². The average molecular weight is 220 g/mol. The zero-order chi connectivity index (χ0) is 11.6. The van der Waals surface area contributed by atoms with Crippen LogP contribution in [-0.4, -0.2) is 24.8 Å². The molecule has 0 bridgehead atoms. The zero-order valence-corrected chi connectivity index (χ0v) is 9.60. The second kappa shape index (κ2) is 4.26.